The van der Waals surface area contributed by atoms with E-state index in [-0.39, 0.29) is 17.6 Å². The van der Waals surface area contributed by atoms with E-state index in [0.29, 0.717) is 59.8 Å². The van der Waals surface area contributed by atoms with Crippen molar-refractivity contribution in [3.63, 3.8) is 0 Å². The number of rotatable bonds is 2. The van der Waals surface area contributed by atoms with Gasteiger partial charge in [0, 0.05) is 32.7 Å². The Kier molecular flexibility index (Phi) is 5.97. The zero-order chi connectivity index (χ0) is 21.3. The molecule has 9 heteroatoms. The van der Waals surface area contributed by atoms with Gasteiger partial charge in [0.15, 0.2) is 0 Å². The number of carbonyl (C=O) groups is 2. The van der Waals surface area contributed by atoms with Crippen LogP contribution in [-0.4, -0.2) is 63.1 Å². The van der Waals surface area contributed by atoms with E-state index in [1.54, 1.807) is 21.3 Å². The van der Waals surface area contributed by atoms with Crippen LogP contribution < -0.4 is 5.56 Å². The predicted octanol–water partition coefficient (Wildman–Crippen LogP) is 2.87. The molecule has 2 amide bonds. The molecule has 1 saturated heterocycles. The third kappa shape index (κ3) is 4.44. The monoisotopic (exact) mass is 420 g/mol. The third-order valence-corrected chi connectivity index (χ3v) is 6.07. The second-order valence-electron chi connectivity index (χ2n) is 8.19. The van der Waals surface area contributed by atoms with Gasteiger partial charge in [-0.15, -0.1) is 11.3 Å². The van der Waals surface area contributed by atoms with Gasteiger partial charge < -0.3 is 14.5 Å². The molecule has 158 valence electrons. The minimum absolute atomic E-state index is 0.112. The summed E-state index contributed by atoms with van der Waals surface area (Å²) in [4.78, 5) is 47.0. The summed E-state index contributed by atoms with van der Waals surface area (Å²) in [6.07, 6.45) is 1.85. The van der Waals surface area contributed by atoms with Crippen molar-refractivity contribution in [1.82, 2.24) is 19.4 Å². The number of hydrogen-bond donors (Lipinski definition) is 0. The molecule has 0 unspecified atom stereocenters. The molecule has 3 rings (SSSR count). The Morgan fingerprint density at radius 1 is 1.17 bits per heavy atom. The molecule has 1 fully saturated rings. The molecule has 1 aliphatic rings. The summed E-state index contributed by atoms with van der Waals surface area (Å²) in [5.74, 6) is -0.112. The number of fused-ring (bicyclic) bond motifs is 1. The van der Waals surface area contributed by atoms with E-state index in [2.05, 4.69) is 4.98 Å². The number of amides is 2. The Labute approximate surface area is 174 Å². The lowest BCUT2D eigenvalue weighted by molar-refractivity contribution is 0.0255. The van der Waals surface area contributed by atoms with Gasteiger partial charge >= 0.3 is 6.09 Å². The standard InChI is InChI=1S/C20H28N4O4S/c1-6-22-12-21-16-14(17(22)25)13(2)15(29-16)18(26)23-8-7-9-24(11-10-23)19(27)28-20(3,4)5/h12H,6-11H2,1-5H3. The minimum Gasteiger partial charge on any atom is -0.444 e. The van der Waals surface area contributed by atoms with E-state index in [1.165, 1.54) is 17.7 Å². The molecule has 0 aliphatic carbocycles. The zero-order valence-electron chi connectivity index (χ0n) is 17.7. The predicted molar refractivity (Wildman–Crippen MR) is 113 cm³/mol. The zero-order valence-corrected chi connectivity index (χ0v) is 18.5. The molecule has 0 saturated carbocycles. The van der Waals surface area contributed by atoms with Gasteiger partial charge in [-0.1, -0.05) is 0 Å². The van der Waals surface area contributed by atoms with Crippen LogP contribution in [0.5, 0.6) is 0 Å². The van der Waals surface area contributed by atoms with Gasteiger partial charge in [0.05, 0.1) is 16.6 Å². The molecule has 2 aromatic heterocycles. The maximum Gasteiger partial charge on any atom is 0.410 e. The summed E-state index contributed by atoms with van der Waals surface area (Å²) in [6, 6.07) is 0. The van der Waals surface area contributed by atoms with Crippen molar-refractivity contribution in [1.29, 1.82) is 0 Å². The van der Waals surface area contributed by atoms with Gasteiger partial charge in [0.1, 0.15) is 10.4 Å². The molecule has 0 spiro atoms. The van der Waals surface area contributed by atoms with Gasteiger partial charge in [-0.2, -0.15) is 0 Å². The molecule has 0 aromatic carbocycles. The number of thiophene rings is 1. The maximum atomic E-state index is 13.2. The first-order chi connectivity index (χ1) is 13.6. The summed E-state index contributed by atoms with van der Waals surface area (Å²) in [6.45, 7) is 11.7. The van der Waals surface area contributed by atoms with Gasteiger partial charge in [0.2, 0.25) is 0 Å². The number of carbonyl (C=O) groups excluding carboxylic acids is 2. The first-order valence-electron chi connectivity index (χ1n) is 9.88. The van der Waals surface area contributed by atoms with Crippen LogP contribution in [0.25, 0.3) is 10.2 Å². The fourth-order valence-corrected chi connectivity index (χ4v) is 4.47. The second kappa shape index (κ2) is 8.14. The molecule has 0 atom stereocenters. The molecule has 3 heterocycles. The molecule has 29 heavy (non-hydrogen) atoms. The Hall–Kier alpha value is -2.42. The third-order valence-electron chi connectivity index (χ3n) is 4.89. The van der Waals surface area contributed by atoms with Crippen LogP contribution in [0, 0.1) is 6.92 Å². The highest BCUT2D eigenvalue weighted by atomic mass is 32.1. The summed E-state index contributed by atoms with van der Waals surface area (Å²) in [5, 5.41) is 0.521. The number of nitrogens with zero attached hydrogens (tertiary/aromatic N) is 4. The van der Waals surface area contributed by atoms with Crippen molar-refractivity contribution < 1.29 is 14.3 Å². The van der Waals surface area contributed by atoms with Crippen LogP contribution in [0.4, 0.5) is 4.79 Å². The quantitative estimate of drug-likeness (QED) is 0.746. The van der Waals surface area contributed by atoms with Gasteiger partial charge in [-0.25, -0.2) is 9.78 Å². The molecule has 0 N–H and O–H groups in total. The summed E-state index contributed by atoms with van der Waals surface area (Å²) < 4.78 is 6.99. The largest absolute Gasteiger partial charge is 0.444 e. The Morgan fingerprint density at radius 3 is 2.48 bits per heavy atom. The summed E-state index contributed by atoms with van der Waals surface area (Å²) in [5.41, 5.74) is 0.0201. The van der Waals surface area contributed by atoms with E-state index < -0.39 is 5.60 Å². The summed E-state index contributed by atoms with van der Waals surface area (Å²) >= 11 is 1.26. The van der Waals surface area contributed by atoms with Gasteiger partial charge in [-0.3, -0.25) is 14.2 Å². The maximum absolute atomic E-state index is 13.2. The number of aryl methyl sites for hydroxylation is 2. The first kappa shape index (κ1) is 21.3. The highest BCUT2D eigenvalue weighted by molar-refractivity contribution is 7.20. The second-order valence-corrected chi connectivity index (χ2v) is 9.18. The molecule has 0 bridgehead atoms. The Balaban J connectivity index is 1.79. The lowest BCUT2D eigenvalue weighted by atomic mass is 10.2. The first-order valence-corrected chi connectivity index (χ1v) is 10.7. The molecule has 1 aliphatic heterocycles. The fourth-order valence-electron chi connectivity index (χ4n) is 3.36. The van der Waals surface area contributed by atoms with Crippen LogP contribution in [-0.2, 0) is 11.3 Å². The molecular weight excluding hydrogens is 392 g/mol. The number of hydrogen-bond acceptors (Lipinski definition) is 6. The van der Waals surface area contributed by atoms with Crippen molar-refractivity contribution in [3.8, 4) is 0 Å². The van der Waals surface area contributed by atoms with Crippen molar-refractivity contribution in [2.24, 2.45) is 0 Å². The van der Waals surface area contributed by atoms with E-state index in [1.807, 2.05) is 27.7 Å². The van der Waals surface area contributed by atoms with Crippen molar-refractivity contribution in [2.45, 2.75) is 53.2 Å². The van der Waals surface area contributed by atoms with Crippen molar-refractivity contribution in [2.75, 3.05) is 26.2 Å². The molecular formula is C20H28N4O4S. The van der Waals surface area contributed by atoms with Crippen molar-refractivity contribution >= 4 is 33.6 Å². The van der Waals surface area contributed by atoms with Gasteiger partial charge in [0.25, 0.3) is 11.5 Å². The SMILES string of the molecule is CCn1cnc2sc(C(=O)N3CCCN(C(=O)OC(C)(C)C)CC3)c(C)c2c1=O. The topological polar surface area (TPSA) is 84.7 Å². The highest BCUT2D eigenvalue weighted by Gasteiger charge is 2.28. The molecule has 0 radical (unpaired) electrons. The Bertz CT molecular complexity index is 989. The normalized spacial score (nSPS) is 15.5. The lowest BCUT2D eigenvalue weighted by Crippen LogP contribution is -2.40. The van der Waals surface area contributed by atoms with Crippen molar-refractivity contribution in [3.05, 3.63) is 27.1 Å². The van der Waals surface area contributed by atoms with E-state index in [9.17, 15) is 14.4 Å². The van der Waals surface area contributed by atoms with E-state index in [0.717, 1.165) is 0 Å². The van der Waals surface area contributed by atoms with Crippen LogP contribution in [0.3, 0.4) is 0 Å². The molecule has 2 aromatic rings. The van der Waals surface area contributed by atoms with Crippen LogP contribution in [0.15, 0.2) is 11.1 Å². The van der Waals surface area contributed by atoms with Crippen LogP contribution >= 0.6 is 11.3 Å². The minimum atomic E-state index is -0.550. The lowest BCUT2D eigenvalue weighted by Gasteiger charge is -2.26. The van der Waals surface area contributed by atoms with E-state index in [4.69, 9.17) is 4.74 Å². The molecule has 8 nitrogen and oxygen atoms in total. The van der Waals surface area contributed by atoms with Crippen LogP contribution in [0.2, 0.25) is 0 Å². The fraction of sp³-hybridized carbons (Fsp3) is 0.600. The highest BCUT2D eigenvalue weighted by Crippen LogP contribution is 2.28. The average molecular weight is 421 g/mol. The number of ether oxygens (including phenoxy) is 1. The van der Waals surface area contributed by atoms with Crippen LogP contribution in [0.1, 0.15) is 49.4 Å². The van der Waals surface area contributed by atoms with E-state index >= 15 is 0 Å². The smallest absolute Gasteiger partial charge is 0.410 e. The summed E-state index contributed by atoms with van der Waals surface area (Å²) in [7, 11) is 0. The Morgan fingerprint density at radius 2 is 1.83 bits per heavy atom. The average Bonchev–Trinajstić information content (AvgIpc) is 2.82. The van der Waals surface area contributed by atoms with Gasteiger partial charge in [-0.05, 0) is 46.6 Å². The number of aromatic nitrogens is 2.